The minimum atomic E-state index is -0.498. The smallest absolute Gasteiger partial charge is 0.333 e. The molecule has 5 rings (SSSR count). The van der Waals surface area contributed by atoms with Crippen LogP contribution in [0.15, 0.2) is 52.3 Å². The molecule has 140 valence electrons. The summed E-state index contributed by atoms with van der Waals surface area (Å²) in [6.07, 6.45) is 4.72. The van der Waals surface area contributed by atoms with Crippen LogP contribution in [0.3, 0.4) is 0 Å². The number of rotatable bonds is 2. The van der Waals surface area contributed by atoms with Gasteiger partial charge < -0.3 is 9.72 Å². The van der Waals surface area contributed by atoms with E-state index in [0.29, 0.717) is 33.3 Å². The number of pyridine rings is 1. The van der Waals surface area contributed by atoms with Gasteiger partial charge in [0.1, 0.15) is 10.4 Å². The quantitative estimate of drug-likeness (QED) is 0.544. The van der Waals surface area contributed by atoms with Crippen LogP contribution in [0.4, 0.5) is 0 Å². The molecule has 0 amide bonds. The molecule has 0 radical (unpaired) electrons. The molecule has 0 unspecified atom stereocenters. The van der Waals surface area contributed by atoms with E-state index < -0.39 is 5.69 Å². The summed E-state index contributed by atoms with van der Waals surface area (Å²) in [6.45, 7) is 0.606. The van der Waals surface area contributed by atoms with E-state index in [-0.39, 0.29) is 5.56 Å². The summed E-state index contributed by atoms with van der Waals surface area (Å²) in [7, 11) is 0. The Morgan fingerprint density at radius 1 is 1.21 bits per heavy atom. The first-order valence-electron chi connectivity index (χ1n) is 8.77. The number of aromatic amines is 1. The molecule has 4 aromatic rings. The molecule has 0 fully saturated rings. The van der Waals surface area contributed by atoms with Gasteiger partial charge >= 0.3 is 5.69 Å². The Hall–Kier alpha value is -2.90. The molecule has 3 aromatic heterocycles. The Kier molecular flexibility index (Phi) is 4.07. The topological polar surface area (TPSA) is 77.0 Å². The SMILES string of the molecule is O=c1[nH]c2cc(-c3ccccc3Cl)sc2c(=O)n1-c1cncc2c1CCCO2. The zero-order chi connectivity index (χ0) is 19.3. The molecular weight excluding hydrogens is 398 g/mol. The number of nitrogens with one attached hydrogen (secondary N) is 1. The minimum absolute atomic E-state index is 0.372. The molecule has 6 nitrogen and oxygen atoms in total. The van der Waals surface area contributed by atoms with Crippen molar-refractivity contribution in [3.05, 3.63) is 74.1 Å². The molecule has 0 saturated carbocycles. The molecule has 1 aliphatic rings. The number of hydrogen-bond acceptors (Lipinski definition) is 5. The molecule has 0 atom stereocenters. The van der Waals surface area contributed by atoms with Crippen LogP contribution in [0.1, 0.15) is 12.0 Å². The average Bonchev–Trinajstić information content (AvgIpc) is 3.12. The highest BCUT2D eigenvalue weighted by Gasteiger charge is 2.20. The van der Waals surface area contributed by atoms with Crippen molar-refractivity contribution in [3.8, 4) is 21.9 Å². The second-order valence-electron chi connectivity index (χ2n) is 6.49. The van der Waals surface area contributed by atoms with E-state index in [1.54, 1.807) is 24.5 Å². The Bertz CT molecular complexity index is 1340. The van der Waals surface area contributed by atoms with E-state index in [1.165, 1.54) is 11.3 Å². The van der Waals surface area contributed by atoms with Crippen LogP contribution >= 0.6 is 22.9 Å². The molecular formula is C20H14ClN3O3S. The fraction of sp³-hybridized carbons (Fsp3) is 0.150. The first kappa shape index (κ1) is 17.2. The molecule has 0 spiro atoms. The third kappa shape index (κ3) is 2.66. The van der Waals surface area contributed by atoms with Crippen molar-refractivity contribution in [1.82, 2.24) is 14.5 Å². The van der Waals surface area contributed by atoms with Gasteiger partial charge in [0, 0.05) is 21.0 Å². The summed E-state index contributed by atoms with van der Waals surface area (Å²) in [5.74, 6) is 0.623. The van der Waals surface area contributed by atoms with E-state index in [0.717, 1.165) is 33.4 Å². The predicted molar refractivity (Wildman–Crippen MR) is 110 cm³/mol. The van der Waals surface area contributed by atoms with E-state index in [9.17, 15) is 9.59 Å². The standard InChI is InChI=1S/C20H14ClN3O3S/c21-13-6-2-1-4-11(13)17-8-14-18(28-17)19(25)24(20(26)23-14)15-9-22-10-16-12(15)5-3-7-27-16/h1-2,4,6,8-10H,3,5,7H2,(H,23,26). The van der Waals surface area contributed by atoms with Gasteiger partial charge in [-0.3, -0.25) is 9.78 Å². The normalized spacial score (nSPS) is 13.3. The highest BCUT2D eigenvalue weighted by molar-refractivity contribution is 7.22. The van der Waals surface area contributed by atoms with Crippen molar-refractivity contribution < 1.29 is 4.74 Å². The summed E-state index contributed by atoms with van der Waals surface area (Å²) in [5, 5.41) is 0.593. The fourth-order valence-corrected chi connectivity index (χ4v) is 4.85. The summed E-state index contributed by atoms with van der Waals surface area (Å²) >= 11 is 7.60. The fourth-order valence-electron chi connectivity index (χ4n) is 3.48. The molecule has 0 aliphatic carbocycles. The van der Waals surface area contributed by atoms with Gasteiger partial charge in [0.05, 0.1) is 30.2 Å². The molecule has 28 heavy (non-hydrogen) atoms. The molecule has 8 heteroatoms. The predicted octanol–water partition coefficient (Wildman–Crippen LogP) is 3.78. The molecule has 4 heterocycles. The number of halogens is 1. The average molecular weight is 412 g/mol. The Balaban J connectivity index is 1.76. The summed E-state index contributed by atoms with van der Waals surface area (Å²) < 4.78 is 7.24. The van der Waals surface area contributed by atoms with E-state index in [2.05, 4.69) is 9.97 Å². The van der Waals surface area contributed by atoms with Gasteiger partial charge in [-0.2, -0.15) is 0 Å². The largest absolute Gasteiger partial charge is 0.492 e. The zero-order valence-electron chi connectivity index (χ0n) is 14.6. The van der Waals surface area contributed by atoms with Crippen LogP contribution < -0.4 is 16.0 Å². The number of thiophene rings is 1. The van der Waals surface area contributed by atoms with Gasteiger partial charge in [-0.05, 0) is 25.0 Å². The highest BCUT2D eigenvalue weighted by atomic mass is 35.5. The summed E-state index contributed by atoms with van der Waals surface area (Å²) in [4.78, 5) is 33.8. The van der Waals surface area contributed by atoms with Gasteiger partial charge in [-0.15, -0.1) is 11.3 Å². The second kappa shape index (κ2) is 6.61. The third-order valence-corrected chi connectivity index (χ3v) is 6.26. The molecule has 1 aliphatic heterocycles. The van der Waals surface area contributed by atoms with E-state index in [1.807, 2.05) is 18.2 Å². The van der Waals surface area contributed by atoms with Crippen molar-refractivity contribution in [3.63, 3.8) is 0 Å². The lowest BCUT2D eigenvalue weighted by molar-refractivity contribution is 0.286. The Morgan fingerprint density at radius 3 is 2.93 bits per heavy atom. The molecule has 0 saturated heterocycles. The van der Waals surface area contributed by atoms with Gasteiger partial charge in [-0.25, -0.2) is 9.36 Å². The van der Waals surface area contributed by atoms with Crippen molar-refractivity contribution in [2.45, 2.75) is 12.8 Å². The Morgan fingerprint density at radius 2 is 2.07 bits per heavy atom. The number of benzene rings is 1. The van der Waals surface area contributed by atoms with Crippen LogP contribution in [-0.4, -0.2) is 21.1 Å². The first-order chi connectivity index (χ1) is 13.6. The second-order valence-corrected chi connectivity index (χ2v) is 7.95. The molecule has 0 bridgehead atoms. The van der Waals surface area contributed by atoms with E-state index in [4.69, 9.17) is 16.3 Å². The van der Waals surface area contributed by atoms with Crippen molar-refractivity contribution in [2.24, 2.45) is 0 Å². The van der Waals surface area contributed by atoms with Crippen LogP contribution in [0.5, 0.6) is 5.75 Å². The number of aromatic nitrogens is 3. The number of hydrogen-bond donors (Lipinski definition) is 1. The third-order valence-electron chi connectivity index (χ3n) is 4.78. The van der Waals surface area contributed by atoms with Gasteiger partial charge in [-0.1, -0.05) is 29.8 Å². The van der Waals surface area contributed by atoms with Crippen molar-refractivity contribution in [2.75, 3.05) is 6.61 Å². The highest BCUT2D eigenvalue weighted by Crippen LogP contribution is 2.35. The molecule has 1 N–H and O–H groups in total. The first-order valence-corrected chi connectivity index (χ1v) is 9.97. The maximum Gasteiger partial charge on any atom is 0.333 e. The van der Waals surface area contributed by atoms with Crippen molar-refractivity contribution in [1.29, 1.82) is 0 Å². The van der Waals surface area contributed by atoms with Gasteiger partial charge in [0.25, 0.3) is 5.56 Å². The summed E-state index contributed by atoms with van der Waals surface area (Å²) in [6, 6.07) is 9.20. The maximum absolute atomic E-state index is 13.2. The maximum atomic E-state index is 13.2. The van der Waals surface area contributed by atoms with Gasteiger partial charge in [0.2, 0.25) is 0 Å². The van der Waals surface area contributed by atoms with Crippen LogP contribution in [-0.2, 0) is 6.42 Å². The lowest BCUT2D eigenvalue weighted by Gasteiger charge is -2.19. The number of H-pyrrole nitrogens is 1. The minimum Gasteiger partial charge on any atom is -0.492 e. The summed E-state index contributed by atoms with van der Waals surface area (Å²) in [5.41, 5.74) is 1.75. The zero-order valence-corrected chi connectivity index (χ0v) is 16.1. The monoisotopic (exact) mass is 411 g/mol. The number of ether oxygens (including phenoxy) is 1. The van der Waals surface area contributed by atoms with Crippen molar-refractivity contribution >= 4 is 33.2 Å². The van der Waals surface area contributed by atoms with Gasteiger partial charge in [0.15, 0.2) is 0 Å². The Labute approximate surface area is 168 Å². The van der Waals surface area contributed by atoms with Crippen LogP contribution in [0, 0.1) is 0 Å². The van der Waals surface area contributed by atoms with Crippen LogP contribution in [0.2, 0.25) is 5.02 Å². The lowest BCUT2D eigenvalue weighted by Crippen LogP contribution is -2.34. The van der Waals surface area contributed by atoms with E-state index >= 15 is 0 Å². The van der Waals surface area contributed by atoms with Crippen LogP contribution in [0.25, 0.3) is 26.3 Å². The molecule has 1 aromatic carbocycles. The lowest BCUT2D eigenvalue weighted by atomic mass is 10.1. The number of nitrogens with zero attached hydrogens (tertiary/aromatic N) is 2. The number of fused-ring (bicyclic) bond motifs is 2.